The number of nitrogens with one attached hydrogen (secondary N) is 3. The van der Waals surface area contributed by atoms with E-state index in [1.807, 2.05) is 5.43 Å². The fourth-order valence-corrected chi connectivity index (χ4v) is 5.41. The van der Waals surface area contributed by atoms with Crippen molar-refractivity contribution in [3.05, 3.63) is 0 Å². The van der Waals surface area contributed by atoms with Crippen LogP contribution in [-0.2, 0) is 19.2 Å². The second-order valence-electron chi connectivity index (χ2n) is 22.2. The number of amides is 3. The van der Waals surface area contributed by atoms with Gasteiger partial charge in [-0.25, -0.2) is 5.84 Å². The van der Waals surface area contributed by atoms with Gasteiger partial charge in [-0.05, 0) is 64.6 Å². The molecular formula is C42H89N7O5. The van der Waals surface area contributed by atoms with E-state index >= 15 is 0 Å². The summed E-state index contributed by atoms with van der Waals surface area (Å²) in [6.45, 7) is 38.5. The molecule has 0 radical (unpaired) electrons. The highest BCUT2D eigenvalue weighted by Crippen LogP contribution is 2.31. The first kappa shape index (κ1) is 56.1. The number of aliphatic carboxylic acids is 1. The van der Waals surface area contributed by atoms with E-state index in [-0.39, 0.29) is 101 Å². The van der Waals surface area contributed by atoms with Crippen molar-refractivity contribution in [2.75, 3.05) is 0 Å². The molecule has 0 fully saturated rings. The molecule has 0 aromatic carbocycles. The van der Waals surface area contributed by atoms with E-state index in [9.17, 15) is 19.2 Å². The number of hydrogen-bond acceptors (Lipinski definition) is 8. The molecular weight excluding hydrogens is 683 g/mol. The van der Waals surface area contributed by atoms with Gasteiger partial charge in [0.15, 0.2) is 0 Å². The SMILES string of the molecule is CC(C)(C)CC(CC(N)C(C)(C)C)NC(=O)CCC(=O)NN.CC(C)(C)CC(N)CC(N)C(C)(C)C.CC(C)(C)CC(NC(=O)CCC(=O)O)C(C)(C)C. The molecule has 12 N–H and O–H groups in total. The lowest BCUT2D eigenvalue weighted by Gasteiger charge is -2.36. The lowest BCUT2D eigenvalue weighted by Crippen LogP contribution is -2.45. The van der Waals surface area contributed by atoms with Gasteiger partial charge in [-0.1, -0.05) is 125 Å². The van der Waals surface area contributed by atoms with E-state index in [4.69, 9.17) is 28.2 Å². The topological polar surface area (TPSA) is 229 Å². The van der Waals surface area contributed by atoms with Crippen LogP contribution in [0.2, 0.25) is 0 Å². The molecule has 5 unspecified atom stereocenters. The van der Waals surface area contributed by atoms with Gasteiger partial charge in [-0.3, -0.25) is 24.6 Å². The van der Waals surface area contributed by atoms with Crippen LogP contribution < -0.4 is 39.1 Å². The highest BCUT2D eigenvalue weighted by Gasteiger charge is 2.31. The first-order chi connectivity index (χ1) is 23.8. The summed E-state index contributed by atoms with van der Waals surface area (Å²) in [5.41, 5.74) is 21.1. The standard InChI is InChI=1S/C16H34N4O2.C14H27NO3.C12H28N2/c1-15(2,3)10-11(9-12(17)16(4,5)6)19-13(21)7-8-14(22)20-18;1-13(2,3)9-10(14(4,5)6)15-11(16)7-8-12(17)18;1-11(2,3)8-9(13)7-10(14)12(4,5)6/h11-12H,7-10,17-18H2,1-6H3,(H,19,21)(H,20,22);10H,7-9H2,1-6H3,(H,15,16)(H,17,18);9-10H,7-8,13-14H2,1-6H3. The summed E-state index contributed by atoms with van der Waals surface area (Å²) in [5.74, 6) is 3.41. The Kier molecular flexibility index (Phi) is 24.6. The lowest BCUT2D eigenvalue weighted by molar-refractivity contribution is -0.139. The molecule has 0 rings (SSSR count). The van der Waals surface area contributed by atoms with Gasteiger partial charge < -0.3 is 32.9 Å². The third-order valence-electron chi connectivity index (χ3n) is 8.92. The maximum absolute atomic E-state index is 12.0. The molecule has 0 saturated carbocycles. The van der Waals surface area contributed by atoms with Crippen LogP contribution in [0.4, 0.5) is 0 Å². The zero-order valence-electron chi connectivity index (χ0n) is 38.1. The zero-order chi connectivity index (χ0) is 43.7. The van der Waals surface area contributed by atoms with Crippen molar-refractivity contribution < 1.29 is 24.3 Å². The summed E-state index contributed by atoms with van der Waals surface area (Å²) in [5, 5.41) is 14.5. The molecule has 3 amide bonds. The molecule has 0 aromatic heterocycles. The van der Waals surface area contributed by atoms with Crippen molar-refractivity contribution in [3.8, 4) is 0 Å². The smallest absolute Gasteiger partial charge is 0.303 e. The average Bonchev–Trinajstić information content (AvgIpc) is 2.90. The highest BCUT2D eigenvalue weighted by molar-refractivity contribution is 5.83. The number of carbonyl (C=O) groups is 4. The van der Waals surface area contributed by atoms with Crippen LogP contribution in [0.5, 0.6) is 0 Å². The lowest BCUT2D eigenvalue weighted by atomic mass is 9.77. The quantitative estimate of drug-likeness (QED) is 0.0498. The van der Waals surface area contributed by atoms with E-state index in [2.05, 4.69) is 135 Å². The minimum absolute atomic E-state index is 0.00247. The third-order valence-corrected chi connectivity index (χ3v) is 8.92. The maximum Gasteiger partial charge on any atom is 0.303 e. The van der Waals surface area contributed by atoms with Crippen LogP contribution in [-0.4, -0.2) is 59.0 Å². The van der Waals surface area contributed by atoms with Crippen LogP contribution in [0.25, 0.3) is 0 Å². The first-order valence-electron chi connectivity index (χ1n) is 19.9. The fraction of sp³-hybridized carbons (Fsp3) is 0.905. The highest BCUT2D eigenvalue weighted by atomic mass is 16.4. The minimum atomic E-state index is -0.937. The van der Waals surface area contributed by atoms with E-state index in [0.717, 1.165) is 32.1 Å². The Morgan fingerprint density at radius 2 is 0.870 bits per heavy atom. The Hall–Kier alpha value is -2.28. The Bertz CT molecular complexity index is 1100. The van der Waals surface area contributed by atoms with Gasteiger partial charge in [-0.15, -0.1) is 0 Å². The van der Waals surface area contributed by atoms with Crippen LogP contribution in [0.3, 0.4) is 0 Å². The van der Waals surface area contributed by atoms with Gasteiger partial charge in [-0.2, -0.15) is 0 Å². The number of carboxylic acid groups (broad SMARTS) is 1. The number of nitrogens with two attached hydrogens (primary N) is 4. The molecule has 0 aliphatic rings. The van der Waals surface area contributed by atoms with Crippen LogP contribution in [0.1, 0.15) is 182 Å². The van der Waals surface area contributed by atoms with Gasteiger partial charge in [0.2, 0.25) is 17.7 Å². The molecule has 0 aliphatic carbocycles. The monoisotopic (exact) mass is 772 g/mol. The third kappa shape index (κ3) is 34.2. The van der Waals surface area contributed by atoms with Crippen LogP contribution in [0, 0.1) is 32.5 Å². The van der Waals surface area contributed by atoms with Gasteiger partial charge in [0, 0.05) is 49.5 Å². The molecule has 0 heterocycles. The van der Waals surface area contributed by atoms with E-state index in [1.165, 1.54) is 0 Å². The van der Waals surface area contributed by atoms with Crippen molar-refractivity contribution in [1.29, 1.82) is 0 Å². The minimum Gasteiger partial charge on any atom is -0.481 e. The molecule has 0 bridgehead atoms. The largest absolute Gasteiger partial charge is 0.481 e. The van der Waals surface area contributed by atoms with Crippen LogP contribution >= 0.6 is 0 Å². The van der Waals surface area contributed by atoms with E-state index in [0.29, 0.717) is 5.41 Å². The van der Waals surface area contributed by atoms with Crippen molar-refractivity contribution in [3.63, 3.8) is 0 Å². The number of rotatable bonds is 15. The number of carbonyl (C=O) groups excluding carboxylic acids is 3. The molecule has 5 atom stereocenters. The van der Waals surface area contributed by atoms with Crippen molar-refractivity contribution in [1.82, 2.24) is 16.1 Å². The molecule has 0 saturated heterocycles. The van der Waals surface area contributed by atoms with Gasteiger partial charge >= 0.3 is 5.97 Å². The number of hydrazine groups is 1. The summed E-state index contributed by atoms with van der Waals surface area (Å²) in [6, 6.07) is 0.470. The summed E-state index contributed by atoms with van der Waals surface area (Å²) in [4.78, 5) is 45.3. The summed E-state index contributed by atoms with van der Waals surface area (Å²) in [7, 11) is 0. The van der Waals surface area contributed by atoms with Gasteiger partial charge in [0.05, 0.1) is 6.42 Å². The van der Waals surface area contributed by atoms with E-state index in [1.54, 1.807) is 0 Å². The molecule has 322 valence electrons. The summed E-state index contributed by atoms with van der Waals surface area (Å²) < 4.78 is 0. The molecule has 12 heteroatoms. The van der Waals surface area contributed by atoms with Gasteiger partial charge in [0.25, 0.3) is 0 Å². The van der Waals surface area contributed by atoms with Crippen molar-refractivity contribution in [2.24, 2.45) is 55.5 Å². The number of hydrogen-bond donors (Lipinski definition) is 8. The van der Waals surface area contributed by atoms with Crippen molar-refractivity contribution in [2.45, 2.75) is 213 Å². The average molecular weight is 772 g/mol. The van der Waals surface area contributed by atoms with E-state index < -0.39 is 5.97 Å². The summed E-state index contributed by atoms with van der Waals surface area (Å²) >= 11 is 0. The first-order valence-corrected chi connectivity index (χ1v) is 19.9. The molecule has 54 heavy (non-hydrogen) atoms. The zero-order valence-corrected chi connectivity index (χ0v) is 38.1. The second kappa shape index (κ2) is 23.7. The van der Waals surface area contributed by atoms with Gasteiger partial charge in [0.1, 0.15) is 0 Å². The number of carboxylic acids is 1. The second-order valence-corrected chi connectivity index (χ2v) is 22.2. The maximum atomic E-state index is 12.0. The fourth-order valence-electron chi connectivity index (χ4n) is 5.41. The van der Waals surface area contributed by atoms with Crippen LogP contribution in [0.15, 0.2) is 0 Å². The molecule has 12 nitrogen and oxygen atoms in total. The normalized spacial score (nSPS) is 15.5. The Labute approximate surface area is 331 Å². The Morgan fingerprint density at radius 1 is 0.500 bits per heavy atom. The molecule has 0 aromatic rings. The van der Waals surface area contributed by atoms with Crippen molar-refractivity contribution >= 4 is 23.7 Å². The summed E-state index contributed by atoms with van der Waals surface area (Å²) in [6.07, 6.45) is 4.54. The molecule has 0 aliphatic heterocycles. The predicted molar refractivity (Wildman–Crippen MR) is 226 cm³/mol. The Morgan fingerprint density at radius 3 is 1.22 bits per heavy atom. The molecule has 0 spiro atoms. The Balaban J connectivity index is -0.000000741. The predicted octanol–water partition coefficient (Wildman–Crippen LogP) is 6.77.